The zero-order valence-corrected chi connectivity index (χ0v) is 14.8. The summed E-state index contributed by atoms with van der Waals surface area (Å²) in [5.74, 6) is -0.745. The van der Waals surface area contributed by atoms with Crippen molar-refractivity contribution in [2.75, 3.05) is 13.2 Å². The van der Waals surface area contributed by atoms with Gasteiger partial charge in [-0.1, -0.05) is 0 Å². The molecular formula is C15H18F4O7S. The van der Waals surface area contributed by atoms with Crippen LogP contribution in [0.15, 0.2) is 0 Å². The Kier molecular flexibility index (Phi) is 4.83. The molecular weight excluding hydrogens is 400 g/mol. The smallest absolute Gasteiger partial charge is 0.459 e. The lowest BCUT2D eigenvalue weighted by Gasteiger charge is -2.53. The minimum atomic E-state index is -6.40. The van der Waals surface area contributed by atoms with Gasteiger partial charge in [-0.25, -0.2) is 0 Å². The van der Waals surface area contributed by atoms with Crippen molar-refractivity contribution in [1.82, 2.24) is 0 Å². The Balaban J connectivity index is 1.54. The van der Waals surface area contributed by atoms with Gasteiger partial charge in [0.15, 0.2) is 0 Å². The highest BCUT2D eigenvalue weighted by molar-refractivity contribution is 7.86. The SMILES string of the molecule is O=C1C2CC3CC1CC(C(=O)OCCOC(F)(F)C(F)(F)S(=O)(=O)O)(C3)C2. The van der Waals surface area contributed by atoms with Crippen molar-refractivity contribution in [2.24, 2.45) is 23.2 Å². The normalized spacial score (nSPS) is 33.4. The molecule has 0 aliphatic heterocycles. The summed E-state index contributed by atoms with van der Waals surface area (Å²) in [7, 11) is -6.40. The first-order valence-corrected chi connectivity index (χ1v) is 9.81. The van der Waals surface area contributed by atoms with Gasteiger partial charge in [0.2, 0.25) is 0 Å². The number of ketones is 1. The molecule has 2 unspecified atom stereocenters. The minimum absolute atomic E-state index is 0.143. The highest BCUT2D eigenvalue weighted by Gasteiger charge is 2.67. The quantitative estimate of drug-likeness (QED) is 0.292. The summed E-state index contributed by atoms with van der Waals surface area (Å²) in [6.07, 6.45) is -2.86. The Bertz CT molecular complexity index is 733. The van der Waals surface area contributed by atoms with Crippen molar-refractivity contribution in [1.29, 1.82) is 0 Å². The Labute approximate surface area is 152 Å². The third kappa shape index (κ3) is 3.35. The maximum Gasteiger partial charge on any atom is 0.459 e. The van der Waals surface area contributed by atoms with Crippen molar-refractivity contribution < 1.29 is 49.6 Å². The fourth-order valence-corrected chi connectivity index (χ4v) is 5.05. The lowest BCUT2D eigenvalue weighted by molar-refractivity contribution is -0.320. The third-order valence-corrected chi connectivity index (χ3v) is 6.58. The van der Waals surface area contributed by atoms with E-state index in [1.807, 2.05) is 0 Å². The minimum Gasteiger partial charge on any atom is -0.463 e. The van der Waals surface area contributed by atoms with Crippen LogP contribution in [-0.2, 0) is 29.2 Å². The molecule has 12 heteroatoms. The molecule has 0 aromatic heterocycles. The number of alkyl halides is 4. The van der Waals surface area contributed by atoms with Crippen LogP contribution in [0, 0.1) is 23.2 Å². The molecule has 0 radical (unpaired) electrons. The number of carbonyl (C=O) groups is 2. The molecule has 4 aliphatic rings. The molecule has 0 aromatic rings. The van der Waals surface area contributed by atoms with Crippen LogP contribution in [0.2, 0.25) is 0 Å². The van der Waals surface area contributed by atoms with Crippen molar-refractivity contribution in [2.45, 2.75) is 43.5 Å². The number of hydrogen-bond acceptors (Lipinski definition) is 6. The Morgan fingerprint density at radius 3 is 2.19 bits per heavy atom. The first-order valence-electron chi connectivity index (χ1n) is 8.37. The summed E-state index contributed by atoms with van der Waals surface area (Å²) < 4.78 is 89.7. The van der Waals surface area contributed by atoms with E-state index in [-0.39, 0.29) is 23.5 Å². The van der Waals surface area contributed by atoms with Gasteiger partial charge in [-0.05, 0) is 38.0 Å². The van der Waals surface area contributed by atoms with Gasteiger partial charge in [0.25, 0.3) is 0 Å². The first kappa shape index (κ1) is 20.5. The monoisotopic (exact) mass is 418 g/mol. The summed E-state index contributed by atoms with van der Waals surface area (Å²) in [4.78, 5) is 24.5. The predicted octanol–water partition coefficient (Wildman–Crippen LogP) is 2.01. The number of esters is 1. The summed E-state index contributed by atoms with van der Waals surface area (Å²) >= 11 is 0. The molecule has 4 aliphatic carbocycles. The summed E-state index contributed by atoms with van der Waals surface area (Å²) in [6, 6.07) is 0. The van der Waals surface area contributed by atoms with Crippen molar-refractivity contribution >= 4 is 21.9 Å². The van der Waals surface area contributed by atoms with Gasteiger partial charge in [0.05, 0.1) is 12.0 Å². The number of halogens is 4. The van der Waals surface area contributed by atoms with Gasteiger partial charge < -0.3 is 9.47 Å². The highest BCUT2D eigenvalue weighted by Crippen LogP contribution is 2.59. The van der Waals surface area contributed by atoms with Crippen LogP contribution in [-0.4, -0.2) is 49.3 Å². The topological polar surface area (TPSA) is 107 Å². The van der Waals surface area contributed by atoms with E-state index in [0.29, 0.717) is 19.3 Å². The maximum atomic E-state index is 13.2. The molecule has 27 heavy (non-hydrogen) atoms. The first-order chi connectivity index (χ1) is 12.3. The Morgan fingerprint density at radius 1 is 1.11 bits per heavy atom. The molecule has 4 fully saturated rings. The van der Waals surface area contributed by atoms with Crippen LogP contribution < -0.4 is 0 Å². The molecule has 0 spiro atoms. The number of hydrogen-bond donors (Lipinski definition) is 1. The van der Waals surface area contributed by atoms with E-state index in [4.69, 9.17) is 9.29 Å². The third-order valence-electron chi connectivity index (χ3n) is 5.69. The van der Waals surface area contributed by atoms with Crippen LogP contribution in [0.3, 0.4) is 0 Å². The zero-order valence-electron chi connectivity index (χ0n) is 14.0. The van der Waals surface area contributed by atoms with Gasteiger partial charge in [-0.2, -0.15) is 26.0 Å². The van der Waals surface area contributed by atoms with Gasteiger partial charge in [0, 0.05) is 11.8 Å². The largest absolute Gasteiger partial charge is 0.463 e. The molecule has 4 saturated carbocycles. The van der Waals surface area contributed by atoms with Crippen molar-refractivity contribution in [3.8, 4) is 0 Å². The van der Waals surface area contributed by atoms with Gasteiger partial charge in [-0.3, -0.25) is 14.1 Å². The van der Waals surface area contributed by atoms with Gasteiger partial charge >= 0.3 is 27.5 Å². The average Bonchev–Trinajstić information content (AvgIpc) is 2.54. The van der Waals surface area contributed by atoms with E-state index >= 15 is 0 Å². The number of Topliss-reactive ketones (excluding diaryl/α,β-unsaturated/α-hetero) is 1. The van der Waals surface area contributed by atoms with E-state index in [9.17, 15) is 35.6 Å². The average molecular weight is 418 g/mol. The highest BCUT2D eigenvalue weighted by atomic mass is 32.2. The Hall–Kier alpha value is -1.27. The molecule has 0 amide bonds. The molecule has 154 valence electrons. The summed E-state index contributed by atoms with van der Waals surface area (Å²) in [5.41, 5.74) is -0.870. The zero-order chi connectivity index (χ0) is 20.3. The summed E-state index contributed by atoms with van der Waals surface area (Å²) in [5, 5.41) is -5.84. The fourth-order valence-electron chi connectivity index (χ4n) is 4.69. The fraction of sp³-hybridized carbons (Fsp3) is 0.867. The predicted molar refractivity (Wildman–Crippen MR) is 79.3 cm³/mol. The van der Waals surface area contributed by atoms with E-state index in [1.165, 1.54) is 0 Å². The van der Waals surface area contributed by atoms with Crippen LogP contribution >= 0.6 is 0 Å². The maximum absolute atomic E-state index is 13.2. The molecule has 7 nitrogen and oxygen atoms in total. The molecule has 0 heterocycles. The van der Waals surface area contributed by atoms with E-state index in [1.54, 1.807) is 0 Å². The van der Waals surface area contributed by atoms with Gasteiger partial charge in [0.1, 0.15) is 12.4 Å². The molecule has 0 saturated heterocycles. The second-order valence-electron chi connectivity index (χ2n) is 7.52. The lowest BCUT2D eigenvalue weighted by atomic mass is 9.49. The second kappa shape index (κ2) is 6.38. The van der Waals surface area contributed by atoms with Crippen molar-refractivity contribution in [3.63, 3.8) is 0 Å². The molecule has 1 N–H and O–H groups in total. The van der Waals surface area contributed by atoms with Gasteiger partial charge in [-0.15, -0.1) is 0 Å². The second-order valence-corrected chi connectivity index (χ2v) is 8.98. The van der Waals surface area contributed by atoms with Crippen LogP contribution in [0.1, 0.15) is 32.1 Å². The molecule has 2 atom stereocenters. The van der Waals surface area contributed by atoms with E-state index in [2.05, 4.69) is 4.74 Å². The van der Waals surface area contributed by atoms with Crippen LogP contribution in [0.4, 0.5) is 17.6 Å². The van der Waals surface area contributed by atoms with Crippen molar-refractivity contribution in [3.05, 3.63) is 0 Å². The van der Waals surface area contributed by atoms with Crippen LogP contribution in [0.25, 0.3) is 0 Å². The van der Waals surface area contributed by atoms with E-state index < -0.39 is 46.1 Å². The lowest BCUT2D eigenvalue weighted by Crippen LogP contribution is -2.55. The number of carbonyl (C=O) groups excluding carboxylic acids is 2. The standard InChI is InChI=1S/C15H18F4O7S/c16-14(17,15(18,19)27(22,23)24)26-2-1-25-12(21)13-5-8-3-9(6-13)11(20)10(4-8)7-13/h8-10H,1-7H2,(H,22,23,24). The molecule has 4 bridgehead atoms. The summed E-state index contributed by atoms with van der Waals surface area (Å²) in [6.45, 7) is -2.00. The number of ether oxygens (including phenoxy) is 2. The molecule has 4 rings (SSSR count). The van der Waals surface area contributed by atoms with Crippen LogP contribution in [0.5, 0.6) is 0 Å². The number of rotatable bonds is 7. The Morgan fingerprint density at radius 2 is 1.67 bits per heavy atom. The molecule has 0 aromatic carbocycles. The van der Waals surface area contributed by atoms with E-state index in [0.717, 1.165) is 12.8 Å².